The van der Waals surface area contributed by atoms with Gasteiger partial charge in [0, 0.05) is 45.2 Å². The van der Waals surface area contributed by atoms with Gasteiger partial charge >= 0.3 is 0 Å². The Morgan fingerprint density at radius 3 is 2.93 bits per heavy atom. The summed E-state index contributed by atoms with van der Waals surface area (Å²) in [5.41, 5.74) is 0. The van der Waals surface area contributed by atoms with E-state index in [0.717, 1.165) is 26.1 Å². The molecule has 1 N–H and O–H groups in total. The quantitative estimate of drug-likeness (QED) is 0.654. The van der Waals surface area contributed by atoms with E-state index in [-0.39, 0.29) is 0 Å². The highest BCUT2D eigenvalue weighted by Crippen LogP contribution is 2.24. The predicted octanol–water partition coefficient (Wildman–Crippen LogP) is 0.479. The molecule has 0 bridgehead atoms. The van der Waals surface area contributed by atoms with Crippen LogP contribution in [0.25, 0.3) is 0 Å². The molecular formula is C11H22N2O2. The third-order valence-electron chi connectivity index (χ3n) is 3.14. The molecule has 0 radical (unpaired) electrons. The molecule has 2 atom stereocenters. The van der Waals surface area contributed by atoms with Crippen molar-refractivity contribution in [3.63, 3.8) is 0 Å². The molecule has 2 unspecified atom stereocenters. The van der Waals surface area contributed by atoms with Crippen molar-refractivity contribution in [3.05, 3.63) is 0 Å². The Balaban J connectivity index is 2.40. The Morgan fingerprint density at radius 2 is 2.33 bits per heavy atom. The highest BCUT2D eigenvalue weighted by atomic mass is 16.5. The van der Waals surface area contributed by atoms with Gasteiger partial charge in [-0.1, -0.05) is 0 Å². The number of amides is 1. The molecule has 1 saturated heterocycles. The van der Waals surface area contributed by atoms with Crippen molar-refractivity contribution in [2.45, 2.75) is 25.8 Å². The first-order valence-corrected chi connectivity index (χ1v) is 5.63. The summed E-state index contributed by atoms with van der Waals surface area (Å²) < 4.78 is 5.00. The highest BCUT2D eigenvalue weighted by molar-refractivity contribution is 5.79. The summed E-state index contributed by atoms with van der Waals surface area (Å²) in [7, 11) is 3.63. The second-order valence-corrected chi connectivity index (χ2v) is 4.20. The number of nitrogens with one attached hydrogen (secondary N) is 1. The van der Waals surface area contributed by atoms with E-state index in [1.165, 1.54) is 0 Å². The maximum atomic E-state index is 11.7. The zero-order chi connectivity index (χ0) is 11.3. The summed E-state index contributed by atoms with van der Waals surface area (Å²) in [5.74, 6) is 0.754. The van der Waals surface area contributed by atoms with Gasteiger partial charge in [0.1, 0.15) is 0 Å². The number of ether oxygens (including phenoxy) is 1. The fourth-order valence-corrected chi connectivity index (χ4v) is 2.21. The summed E-state index contributed by atoms with van der Waals surface area (Å²) in [6.07, 6.45) is 1.62. The smallest absolute Gasteiger partial charge is 0.223 e. The second-order valence-electron chi connectivity index (χ2n) is 4.20. The van der Waals surface area contributed by atoms with E-state index < -0.39 is 0 Å². The number of carbonyl (C=O) groups is 1. The summed E-state index contributed by atoms with van der Waals surface area (Å²) in [5, 5.41) is 3.14. The van der Waals surface area contributed by atoms with Gasteiger partial charge in [0.25, 0.3) is 0 Å². The Morgan fingerprint density at radius 1 is 1.60 bits per heavy atom. The van der Waals surface area contributed by atoms with Crippen LogP contribution in [0.2, 0.25) is 0 Å². The Labute approximate surface area is 92.0 Å². The van der Waals surface area contributed by atoms with Gasteiger partial charge in [0.2, 0.25) is 5.91 Å². The fraction of sp³-hybridized carbons (Fsp3) is 0.909. The van der Waals surface area contributed by atoms with E-state index in [0.29, 0.717) is 24.3 Å². The van der Waals surface area contributed by atoms with Gasteiger partial charge in [-0.15, -0.1) is 0 Å². The Hall–Kier alpha value is -0.610. The largest absolute Gasteiger partial charge is 0.385 e. The van der Waals surface area contributed by atoms with Crippen molar-refractivity contribution in [2.24, 2.45) is 5.92 Å². The van der Waals surface area contributed by atoms with E-state index in [1.54, 1.807) is 7.11 Å². The monoisotopic (exact) mass is 214 g/mol. The summed E-state index contributed by atoms with van der Waals surface area (Å²) in [6, 6.07) is 0.363. The number of hydrogen-bond acceptors (Lipinski definition) is 3. The maximum absolute atomic E-state index is 11.7. The summed E-state index contributed by atoms with van der Waals surface area (Å²) >= 11 is 0. The van der Waals surface area contributed by atoms with E-state index >= 15 is 0 Å². The SMILES string of the molecule is CNCC1CC(=O)N(CCCOC)C1C. The van der Waals surface area contributed by atoms with E-state index in [2.05, 4.69) is 12.2 Å². The lowest BCUT2D eigenvalue weighted by atomic mass is 10.0. The molecule has 0 aromatic rings. The van der Waals surface area contributed by atoms with Crippen LogP contribution < -0.4 is 5.32 Å². The van der Waals surface area contributed by atoms with Gasteiger partial charge in [-0.25, -0.2) is 0 Å². The maximum Gasteiger partial charge on any atom is 0.223 e. The number of methoxy groups -OCH3 is 1. The van der Waals surface area contributed by atoms with Gasteiger partial charge in [-0.05, 0) is 20.4 Å². The normalized spacial score (nSPS) is 26.3. The third kappa shape index (κ3) is 3.18. The zero-order valence-electron chi connectivity index (χ0n) is 9.95. The van der Waals surface area contributed by atoms with Gasteiger partial charge < -0.3 is 15.0 Å². The molecule has 1 rings (SSSR count). The van der Waals surface area contributed by atoms with Crippen LogP contribution in [-0.4, -0.2) is 50.7 Å². The molecular weight excluding hydrogens is 192 g/mol. The zero-order valence-corrected chi connectivity index (χ0v) is 9.95. The molecule has 0 spiro atoms. The third-order valence-corrected chi connectivity index (χ3v) is 3.14. The highest BCUT2D eigenvalue weighted by Gasteiger charge is 2.35. The topological polar surface area (TPSA) is 41.6 Å². The molecule has 1 aliphatic rings. The first-order chi connectivity index (χ1) is 7.20. The summed E-state index contributed by atoms with van der Waals surface area (Å²) in [4.78, 5) is 13.7. The number of carbonyl (C=O) groups excluding carboxylic acids is 1. The molecule has 4 nitrogen and oxygen atoms in total. The van der Waals surface area contributed by atoms with E-state index in [4.69, 9.17) is 4.74 Å². The van der Waals surface area contributed by atoms with Crippen LogP contribution in [0.5, 0.6) is 0 Å². The van der Waals surface area contributed by atoms with Crippen molar-refractivity contribution in [3.8, 4) is 0 Å². The van der Waals surface area contributed by atoms with Gasteiger partial charge in [0.05, 0.1) is 0 Å². The number of hydrogen-bond donors (Lipinski definition) is 1. The molecule has 15 heavy (non-hydrogen) atoms. The van der Waals surface area contributed by atoms with Crippen LogP contribution in [0.3, 0.4) is 0 Å². The first-order valence-electron chi connectivity index (χ1n) is 5.63. The van der Waals surface area contributed by atoms with Crippen molar-refractivity contribution in [2.75, 3.05) is 33.9 Å². The lowest BCUT2D eigenvalue weighted by molar-refractivity contribution is -0.128. The van der Waals surface area contributed by atoms with E-state index in [1.807, 2.05) is 11.9 Å². The molecule has 1 amide bonds. The van der Waals surface area contributed by atoms with Crippen LogP contribution in [0.4, 0.5) is 0 Å². The molecule has 0 aromatic carbocycles. The average molecular weight is 214 g/mol. The molecule has 0 saturated carbocycles. The minimum absolute atomic E-state index is 0.291. The molecule has 1 fully saturated rings. The average Bonchev–Trinajstić information content (AvgIpc) is 2.46. The molecule has 0 aromatic heterocycles. The first kappa shape index (κ1) is 12.5. The second kappa shape index (κ2) is 6.08. The number of likely N-dealkylation sites (tertiary alicyclic amines) is 1. The molecule has 4 heteroatoms. The van der Waals surface area contributed by atoms with E-state index in [9.17, 15) is 4.79 Å². The lowest BCUT2D eigenvalue weighted by Gasteiger charge is -2.24. The van der Waals surface area contributed by atoms with Crippen LogP contribution in [0.15, 0.2) is 0 Å². The van der Waals surface area contributed by atoms with Crippen LogP contribution >= 0.6 is 0 Å². The predicted molar refractivity (Wildman–Crippen MR) is 59.7 cm³/mol. The molecule has 88 valence electrons. The Kier molecular flexibility index (Phi) is 5.05. The van der Waals surface area contributed by atoms with Crippen molar-refractivity contribution < 1.29 is 9.53 Å². The van der Waals surface area contributed by atoms with Gasteiger partial charge in [-0.3, -0.25) is 4.79 Å². The van der Waals surface area contributed by atoms with Gasteiger partial charge in [-0.2, -0.15) is 0 Å². The standard InChI is InChI=1S/C11H22N2O2/c1-9-10(8-12-2)7-11(14)13(9)5-4-6-15-3/h9-10,12H,4-8H2,1-3H3. The van der Waals surface area contributed by atoms with Crippen LogP contribution in [0, 0.1) is 5.92 Å². The Bertz CT molecular complexity index is 209. The van der Waals surface area contributed by atoms with Crippen molar-refractivity contribution in [1.82, 2.24) is 10.2 Å². The van der Waals surface area contributed by atoms with Crippen molar-refractivity contribution >= 4 is 5.91 Å². The van der Waals surface area contributed by atoms with Crippen molar-refractivity contribution in [1.29, 1.82) is 0 Å². The van der Waals surface area contributed by atoms with Crippen LogP contribution in [0.1, 0.15) is 19.8 Å². The lowest BCUT2D eigenvalue weighted by Crippen LogP contribution is -2.36. The number of rotatable bonds is 6. The molecule has 0 aliphatic carbocycles. The minimum Gasteiger partial charge on any atom is -0.385 e. The minimum atomic E-state index is 0.291. The number of nitrogens with zero attached hydrogens (tertiary/aromatic N) is 1. The summed E-state index contributed by atoms with van der Waals surface area (Å²) in [6.45, 7) is 4.62. The fourth-order valence-electron chi connectivity index (χ4n) is 2.21. The van der Waals surface area contributed by atoms with Crippen LogP contribution in [-0.2, 0) is 9.53 Å². The van der Waals surface area contributed by atoms with Gasteiger partial charge in [0.15, 0.2) is 0 Å². The molecule has 1 heterocycles. The molecule has 1 aliphatic heterocycles.